The standard InChI is InChI=1S/C11H12ClNO6/c1-19-11(16)8-4-6(13(17)18)2-3-7(8)10(15)9(14)5-12/h2-4,9-10,14-15H,5H2,1H3. The Balaban J connectivity index is 3.30. The van der Waals surface area contributed by atoms with Crippen LogP contribution >= 0.6 is 11.6 Å². The predicted octanol–water partition coefficient (Wildman–Crippen LogP) is 1.01. The summed E-state index contributed by atoms with van der Waals surface area (Å²) in [5.41, 5.74) is -0.490. The molecule has 0 bridgehead atoms. The molecule has 2 N–H and O–H groups in total. The van der Waals surface area contributed by atoms with E-state index in [2.05, 4.69) is 4.74 Å². The summed E-state index contributed by atoms with van der Waals surface area (Å²) in [6.07, 6.45) is -2.74. The van der Waals surface area contributed by atoms with Crippen LogP contribution in [0.1, 0.15) is 22.0 Å². The van der Waals surface area contributed by atoms with E-state index >= 15 is 0 Å². The van der Waals surface area contributed by atoms with Crippen LogP contribution in [0.5, 0.6) is 0 Å². The highest BCUT2D eigenvalue weighted by Crippen LogP contribution is 2.26. The molecule has 0 heterocycles. The van der Waals surface area contributed by atoms with Crippen LogP contribution < -0.4 is 0 Å². The molecule has 0 aromatic heterocycles. The van der Waals surface area contributed by atoms with Gasteiger partial charge >= 0.3 is 5.97 Å². The predicted molar refractivity (Wildman–Crippen MR) is 66.1 cm³/mol. The number of rotatable bonds is 5. The molecule has 104 valence electrons. The van der Waals surface area contributed by atoms with Crippen LogP contribution in [0.25, 0.3) is 0 Å². The summed E-state index contributed by atoms with van der Waals surface area (Å²) in [7, 11) is 1.11. The van der Waals surface area contributed by atoms with Crippen molar-refractivity contribution in [1.82, 2.24) is 0 Å². The highest BCUT2D eigenvalue weighted by molar-refractivity contribution is 6.18. The third-order valence-electron chi connectivity index (χ3n) is 2.49. The van der Waals surface area contributed by atoms with Crippen molar-refractivity contribution in [2.45, 2.75) is 12.2 Å². The number of hydrogen-bond donors (Lipinski definition) is 2. The average molecular weight is 290 g/mol. The van der Waals surface area contributed by atoms with Crippen LogP contribution in [0.3, 0.4) is 0 Å². The zero-order chi connectivity index (χ0) is 14.6. The zero-order valence-electron chi connectivity index (χ0n) is 9.95. The van der Waals surface area contributed by atoms with Crippen LogP contribution in [-0.4, -0.2) is 40.2 Å². The molecule has 2 unspecified atom stereocenters. The van der Waals surface area contributed by atoms with E-state index in [0.717, 1.165) is 19.2 Å². The Labute approximate surface area is 113 Å². The number of aliphatic hydroxyl groups is 2. The number of aliphatic hydroxyl groups excluding tert-OH is 2. The van der Waals surface area contributed by atoms with Crippen molar-refractivity contribution < 1.29 is 24.7 Å². The molecule has 2 atom stereocenters. The second kappa shape index (κ2) is 6.46. The maximum atomic E-state index is 11.6. The summed E-state index contributed by atoms with van der Waals surface area (Å²) < 4.78 is 4.49. The van der Waals surface area contributed by atoms with Crippen LogP contribution in [0.4, 0.5) is 5.69 Å². The van der Waals surface area contributed by atoms with Crippen LogP contribution in [0.15, 0.2) is 18.2 Å². The molecule has 0 aliphatic rings. The van der Waals surface area contributed by atoms with Gasteiger partial charge in [-0.05, 0) is 11.6 Å². The Hall–Kier alpha value is -1.70. The lowest BCUT2D eigenvalue weighted by molar-refractivity contribution is -0.384. The number of carbonyl (C=O) groups excluding carboxylic acids is 1. The van der Waals surface area contributed by atoms with Crippen LogP contribution in [0.2, 0.25) is 0 Å². The smallest absolute Gasteiger partial charge is 0.338 e. The zero-order valence-corrected chi connectivity index (χ0v) is 10.7. The summed E-state index contributed by atoms with van der Waals surface area (Å²) >= 11 is 5.41. The van der Waals surface area contributed by atoms with Gasteiger partial charge in [-0.15, -0.1) is 11.6 Å². The molecule has 1 aromatic rings. The fraction of sp³-hybridized carbons (Fsp3) is 0.364. The number of methoxy groups -OCH3 is 1. The fourth-order valence-corrected chi connectivity index (χ4v) is 1.66. The molecule has 0 radical (unpaired) electrons. The summed E-state index contributed by atoms with van der Waals surface area (Å²) in [6, 6.07) is 3.28. The number of ether oxygens (including phenoxy) is 1. The first-order valence-corrected chi connectivity index (χ1v) is 5.74. The normalized spacial score (nSPS) is 13.7. The molecular weight excluding hydrogens is 278 g/mol. The van der Waals surface area contributed by atoms with Gasteiger partial charge in [-0.25, -0.2) is 4.79 Å². The number of hydrogen-bond acceptors (Lipinski definition) is 6. The van der Waals surface area contributed by atoms with Crippen LogP contribution in [-0.2, 0) is 4.74 Å². The van der Waals surface area contributed by atoms with Crippen molar-refractivity contribution >= 4 is 23.3 Å². The molecular formula is C11H12ClNO6. The molecule has 0 aliphatic heterocycles. The summed E-state index contributed by atoms with van der Waals surface area (Å²) in [5, 5.41) is 30.0. The topological polar surface area (TPSA) is 110 Å². The Bertz CT molecular complexity index is 492. The molecule has 0 fully saturated rings. The average Bonchev–Trinajstić information content (AvgIpc) is 2.43. The van der Waals surface area contributed by atoms with Gasteiger partial charge in [-0.2, -0.15) is 0 Å². The fourth-order valence-electron chi connectivity index (χ4n) is 1.49. The number of nitro groups is 1. The van der Waals surface area contributed by atoms with Crippen molar-refractivity contribution in [2.24, 2.45) is 0 Å². The van der Waals surface area contributed by atoms with Gasteiger partial charge in [0.2, 0.25) is 0 Å². The first-order valence-electron chi connectivity index (χ1n) is 5.21. The van der Waals surface area contributed by atoms with E-state index in [-0.39, 0.29) is 22.7 Å². The lowest BCUT2D eigenvalue weighted by Gasteiger charge is -2.18. The van der Waals surface area contributed by atoms with Gasteiger partial charge in [-0.3, -0.25) is 10.1 Å². The van der Waals surface area contributed by atoms with Crippen molar-refractivity contribution in [2.75, 3.05) is 13.0 Å². The van der Waals surface area contributed by atoms with Crippen molar-refractivity contribution in [3.63, 3.8) is 0 Å². The van der Waals surface area contributed by atoms with E-state index < -0.39 is 23.1 Å². The maximum absolute atomic E-state index is 11.6. The number of non-ortho nitro benzene ring substituents is 1. The molecule has 0 spiro atoms. The molecule has 0 saturated heterocycles. The van der Waals surface area contributed by atoms with Gasteiger partial charge < -0.3 is 14.9 Å². The third-order valence-corrected chi connectivity index (χ3v) is 2.81. The summed E-state index contributed by atoms with van der Waals surface area (Å²) in [4.78, 5) is 21.5. The maximum Gasteiger partial charge on any atom is 0.338 e. The molecule has 7 nitrogen and oxygen atoms in total. The van der Waals surface area contributed by atoms with Gasteiger partial charge in [0.15, 0.2) is 0 Å². The van der Waals surface area contributed by atoms with E-state index in [9.17, 15) is 25.1 Å². The van der Waals surface area contributed by atoms with E-state index in [1.807, 2.05) is 0 Å². The SMILES string of the molecule is COC(=O)c1cc([N+](=O)[O-])ccc1C(O)C(O)CCl. The summed E-state index contributed by atoms with van der Waals surface area (Å²) in [5.74, 6) is -1.10. The van der Waals surface area contributed by atoms with Gasteiger partial charge in [0.25, 0.3) is 5.69 Å². The van der Waals surface area contributed by atoms with E-state index in [4.69, 9.17) is 11.6 Å². The number of alkyl halides is 1. The van der Waals surface area contributed by atoms with E-state index in [1.54, 1.807) is 0 Å². The lowest BCUT2D eigenvalue weighted by atomic mass is 9.98. The minimum atomic E-state index is -1.44. The van der Waals surface area contributed by atoms with Crippen molar-refractivity contribution in [1.29, 1.82) is 0 Å². The van der Waals surface area contributed by atoms with Gasteiger partial charge in [-0.1, -0.05) is 0 Å². The third kappa shape index (κ3) is 3.40. The Morgan fingerprint density at radius 2 is 2.16 bits per heavy atom. The Morgan fingerprint density at radius 3 is 2.63 bits per heavy atom. The lowest BCUT2D eigenvalue weighted by Crippen LogP contribution is -2.22. The Kier molecular flexibility index (Phi) is 5.22. The highest BCUT2D eigenvalue weighted by Gasteiger charge is 2.25. The molecule has 0 amide bonds. The number of esters is 1. The summed E-state index contributed by atoms with van der Waals surface area (Å²) in [6.45, 7) is 0. The largest absolute Gasteiger partial charge is 0.465 e. The number of carbonyl (C=O) groups is 1. The van der Waals surface area contributed by atoms with Gasteiger partial charge in [0.1, 0.15) is 6.10 Å². The highest BCUT2D eigenvalue weighted by atomic mass is 35.5. The molecule has 1 aromatic carbocycles. The number of nitrogens with zero attached hydrogens (tertiary/aromatic N) is 1. The molecule has 0 saturated carbocycles. The number of nitro benzene ring substituents is 1. The molecule has 19 heavy (non-hydrogen) atoms. The first kappa shape index (κ1) is 15.4. The molecule has 8 heteroatoms. The minimum absolute atomic E-state index is 0.0191. The quantitative estimate of drug-likeness (QED) is 0.362. The number of halogens is 1. The number of benzene rings is 1. The monoisotopic (exact) mass is 289 g/mol. The minimum Gasteiger partial charge on any atom is -0.465 e. The first-order chi connectivity index (χ1) is 8.92. The Morgan fingerprint density at radius 1 is 1.53 bits per heavy atom. The van der Waals surface area contributed by atoms with E-state index in [1.165, 1.54) is 6.07 Å². The van der Waals surface area contributed by atoms with E-state index in [0.29, 0.717) is 0 Å². The second-order valence-electron chi connectivity index (χ2n) is 3.69. The molecule has 0 aliphatic carbocycles. The van der Waals surface area contributed by atoms with Gasteiger partial charge in [0.05, 0.1) is 29.6 Å². The van der Waals surface area contributed by atoms with Crippen LogP contribution in [0, 0.1) is 10.1 Å². The van der Waals surface area contributed by atoms with Crippen molar-refractivity contribution in [3.05, 3.63) is 39.4 Å². The van der Waals surface area contributed by atoms with Gasteiger partial charge in [0, 0.05) is 12.1 Å². The van der Waals surface area contributed by atoms with Crippen molar-refractivity contribution in [3.8, 4) is 0 Å². The second-order valence-corrected chi connectivity index (χ2v) is 4.00. The molecule has 1 rings (SSSR count).